The Morgan fingerprint density at radius 2 is 1.96 bits per heavy atom. The second kappa shape index (κ2) is 6.70. The number of nitrogens with one attached hydrogen (secondary N) is 1. The Kier molecular flexibility index (Phi) is 4.64. The molecule has 0 saturated carbocycles. The van der Waals surface area contributed by atoms with E-state index >= 15 is 0 Å². The first-order chi connectivity index (χ1) is 11.5. The fraction of sp³-hybridized carbons (Fsp3) is 0.250. The highest BCUT2D eigenvalue weighted by atomic mass is 35.5. The molecule has 1 aromatic carbocycles. The molecule has 0 aliphatic carbocycles. The zero-order valence-corrected chi connectivity index (χ0v) is 15.1. The maximum absolute atomic E-state index is 12.3. The predicted octanol–water partition coefficient (Wildman–Crippen LogP) is 3.81. The monoisotopic (exact) mass is 361 g/mol. The molecule has 1 amide bonds. The smallest absolute Gasteiger partial charge is 0.257 e. The maximum atomic E-state index is 12.3. The van der Waals surface area contributed by atoms with Gasteiger partial charge in [-0.05, 0) is 44.5 Å². The molecular formula is C16H16ClN5OS. The Morgan fingerprint density at radius 1 is 1.25 bits per heavy atom. The second-order valence-corrected chi connectivity index (χ2v) is 6.69. The summed E-state index contributed by atoms with van der Waals surface area (Å²) >= 11 is 7.55. The van der Waals surface area contributed by atoms with E-state index in [1.165, 1.54) is 11.3 Å². The largest absolute Gasteiger partial charge is 0.296 e. The molecule has 2 heterocycles. The van der Waals surface area contributed by atoms with Crippen molar-refractivity contribution in [1.82, 2.24) is 20.0 Å². The van der Waals surface area contributed by atoms with Crippen LogP contribution in [0, 0.1) is 13.8 Å². The molecule has 124 valence electrons. The van der Waals surface area contributed by atoms with Gasteiger partial charge in [-0.2, -0.15) is 5.10 Å². The molecule has 2 aromatic heterocycles. The van der Waals surface area contributed by atoms with Crippen molar-refractivity contribution in [2.75, 3.05) is 5.32 Å². The molecule has 0 unspecified atom stereocenters. The third-order valence-corrected chi connectivity index (χ3v) is 5.10. The summed E-state index contributed by atoms with van der Waals surface area (Å²) in [5.41, 5.74) is 3.04. The Morgan fingerprint density at radius 3 is 2.50 bits per heavy atom. The average Bonchev–Trinajstić information content (AvgIpc) is 3.15. The Balaban J connectivity index is 1.78. The van der Waals surface area contributed by atoms with Crippen molar-refractivity contribution in [2.45, 2.75) is 27.2 Å². The summed E-state index contributed by atoms with van der Waals surface area (Å²) in [6.07, 6.45) is 0.799. The van der Waals surface area contributed by atoms with Crippen LogP contribution in [0.4, 0.5) is 5.13 Å². The number of nitrogens with zero attached hydrogens (tertiary/aromatic N) is 4. The van der Waals surface area contributed by atoms with E-state index in [0.29, 0.717) is 15.7 Å². The van der Waals surface area contributed by atoms with Crippen molar-refractivity contribution in [3.05, 3.63) is 51.2 Å². The highest BCUT2D eigenvalue weighted by Crippen LogP contribution is 2.23. The molecule has 0 aliphatic heterocycles. The number of aromatic nitrogens is 4. The summed E-state index contributed by atoms with van der Waals surface area (Å²) in [7, 11) is 0. The van der Waals surface area contributed by atoms with E-state index < -0.39 is 0 Å². The molecular weight excluding hydrogens is 346 g/mol. The summed E-state index contributed by atoms with van der Waals surface area (Å²) in [5, 5.41) is 17.1. The Labute approximate surface area is 148 Å². The number of anilines is 1. The van der Waals surface area contributed by atoms with Gasteiger partial charge in [-0.1, -0.05) is 29.9 Å². The van der Waals surface area contributed by atoms with Crippen LogP contribution in [-0.2, 0) is 6.42 Å². The van der Waals surface area contributed by atoms with E-state index in [0.717, 1.165) is 28.5 Å². The van der Waals surface area contributed by atoms with Crippen LogP contribution < -0.4 is 5.32 Å². The lowest BCUT2D eigenvalue weighted by Gasteiger charge is -2.06. The molecule has 3 aromatic rings. The van der Waals surface area contributed by atoms with Crippen molar-refractivity contribution < 1.29 is 4.79 Å². The van der Waals surface area contributed by atoms with Crippen LogP contribution in [0.2, 0.25) is 5.02 Å². The molecule has 3 rings (SSSR count). The van der Waals surface area contributed by atoms with Crippen LogP contribution >= 0.6 is 22.9 Å². The predicted molar refractivity (Wildman–Crippen MR) is 95.3 cm³/mol. The zero-order valence-electron chi connectivity index (χ0n) is 13.5. The lowest BCUT2D eigenvalue weighted by atomic mass is 10.2. The summed E-state index contributed by atoms with van der Waals surface area (Å²) in [6.45, 7) is 5.76. The minimum absolute atomic E-state index is 0.216. The minimum atomic E-state index is -0.216. The number of carbonyl (C=O) groups is 1. The van der Waals surface area contributed by atoms with Crippen LogP contribution in [0.1, 0.15) is 33.7 Å². The summed E-state index contributed by atoms with van der Waals surface area (Å²) in [5.74, 6) is -0.216. The topological polar surface area (TPSA) is 72.7 Å². The van der Waals surface area contributed by atoms with Crippen molar-refractivity contribution in [3.63, 3.8) is 0 Å². The van der Waals surface area contributed by atoms with Crippen LogP contribution in [-0.4, -0.2) is 25.9 Å². The molecule has 0 bridgehead atoms. The molecule has 8 heteroatoms. The van der Waals surface area contributed by atoms with Crippen molar-refractivity contribution in [1.29, 1.82) is 0 Å². The van der Waals surface area contributed by atoms with Crippen molar-refractivity contribution >= 4 is 34.0 Å². The molecule has 0 atom stereocenters. The van der Waals surface area contributed by atoms with Gasteiger partial charge in [0.15, 0.2) is 0 Å². The van der Waals surface area contributed by atoms with Crippen LogP contribution in [0.5, 0.6) is 0 Å². The Hall–Kier alpha value is -2.25. The summed E-state index contributed by atoms with van der Waals surface area (Å²) in [4.78, 5) is 12.3. The van der Waals surface area contributed by atoms with E-state index in [2.05, 4.69) is 20.6 Å². The third-order valence-electron chi connectivity index (χ3n) is 3.57. The minimum Gasteiger partial charge on any atom is -0.296 e. The number of hydrogen-bond acceptors (Lipinski definition) is 5. The highest BCUT2D eigenvalue weighted by Gasteiger charge is 2.13. The van der Waals surface area contributed by atoms with Crippen molar-refractivity contribution in [3.8, 4) is 5.69 Å². The maximum Gasteiger partial charge on any atom is 0.257 e. The van der Waals surface area contributed by atoms with Gasteiger partial charge in [0.1, 0.15) is 5.01 Å². The van der Waals surface area contributed by atoms with Gasteiger partial charge in [0, 0.05) is 5.56 Å². The van der Waals surface area contributed by atoms with E-state index in [1.54, 1.807) is 16.8 Å². The number of benzene rings is 1. The number of hydrogen-bond donors (Lipinski definition) is 1. The number of aryl methyl sites for hydroxylation is 2. The fourth-order valence-electron chi connectivity index (χ4n) is 2.25. The number of amides is 1. The Bertz CT molecular complexity index is 885. The third kappa shape index (κ3) is 3.18. The van der Waals surface area contributed by atoms with Crippen LogP contribution in [0.3, 0.4) is 0 Å². The van der Waals surface area contributed by atoms with Gasteiger partial charge in [0.05, 0.1) is 22.1 Å². The van der Waals surface area contributed by atoms with Gasteiger partial charge >= 0.3 is 0 Å². The fourth-order valence-corrected chi connectivity index (χ4v) is 3.04. The van der Waals surface area contributed by atoms with Gasteiger partial charge in [-0.25, -0.2) is 4.68 Å². The normalized spacial score (nSPS) is 10.8. The molecule has 0 fully saturated rings. The van der Waals surface area contributed by atoms with Gasteiger partial charge in [-0.15, -0.1) is 10.2 Å². The molecule has 6 nitrogen and oxygen atoms in total. The number of halogens is 1. The van der Waals surface area contributed by atoms with E-state index in [1.807, 2.05) is 32.9 Å². The molecule has 24 heavy (non-hydrogen) atoms. The molecule has 0 radical (unpaired) electrons. The van der Waals surface area contributed by atoms with Crippen molar-refractivity contribution in [2.24, 2.45) is 0 Å². The first-order valence-corrected chi connectivity index (χ1v) is 8.65. The average molecular weight is 362 g/mol. The van der Waals surface area contributed by atoms with E-state index in [-0.39, 0.29) is 5.91 Å². The second-order valence-electron chi connectivity index (χ2n) is 5.25. The number of carbonyl (C=O) groups excluding carboxylic acids is 1. The zero-order chi connectivity index (χ0) is 17.3. The van der Waals surface area contributed by atoms with Gasteiger partial charge in [0.2, 0.25) is 5.13 Å². The highest BCUT2D eigenvalue weighted by molar-refractivity contribution is 7.15. The molecule has 0 aliphatic rings. The van der Waals surface area contributed by atoms with E-state index in [4.69, 9.17) is 11.6 Å². The quantitative estimate of drug-likeness (QED) is 0.766. The van der Waals surface area contributed by atoms with Gasteiger partial charge in [-0.3, -0.25) is 10.1 Å². The molecule has 1 N–H and O–H groups in total. The number of rotatable bonds is 4. The lowest BCUT2D eigenvalue weighted by molar-refractivity contribution is 0.102. The molecule has 0 spiro atoms. The lowest BCUT2D eigenvalue weighted by Crippen LogP contribution is -2.12. The van der Waals surface area contributed by atoms with Crippen LogP contribution in [0.25, 0.3) is 5.69 Å². The first kappa shape index (κ1) is 16.6. The van der Waals surface area contributed by atoms with E-state index in [9.17, 15) is 4.79 Å². The van der Waals surface area contributed by atoms with Gasteiger partial charge < -0.3 is 0 Å². The van der Waals surface area contributed by atoms with Crippen LogP contribution in [0.15, 0.2) is 24.3 Å². The summed E-state index contributed by atoms with van der Waals surface area (Å²) < 4.78 is 1.76. The summed E-state index contributed by atoms with van der Waals surface area (Å²) in [6, 6.07) is 7.16. The SMILES string of the molecule is CCc1nnc(NC(=O)c2ccc(-n3nc(C)c(Cl)c3C)cc2)s1. The first-order valence-electron chi connectivity index (χ1n) is 7.45. The molecule has 0 saturated heterocycles. The van der Waals surface area contributed by atoms with Gasteiger partial charge in [0.25, 0.3) is 5.91 Å². The standard InChI is InChI=1S/C16H16ClN5OS/c1-4-13-19-20-16(24-13)18-15(23)11-5-7-12(8-6-11)22-10(3)14(17)9(2)21-22/h5-8H,4H2,1-3H3,(H,18,20,23).